The number of hydrogen-bond donors (Lipinski definition) is 1. The van der Waals surface area contributed by atoms with Crippen LogP contribution in [0.15, 0.2) is 18.2 Å². The number of benzene rings is 1. The summed E-state index contributed by atoms with van der Waals surface area (Å²) in [6.07, 6.45) is 5.21. The molecule has 0 aliphatic heterocycles. The molecule has 1 fully saturated rings. The molecule has 1 aliphatic rings. The van der Waals surface area contributed by atoms with Gasteiger partial charge >= 0.3 is 0 Å². The van der Waals surface area contributed by atoms with Crippen LogP contribution in [0.5, 0.6) is 0 Å². The normalized spacial score (nSPS) is 15.3. The molecular formula is C19H32N2. The Balaban J connectivity index is 2.06. The first-order valence-electron chi connectivity index (χ1n) is 8.51. The highest BCUT2D eigenvalue weighted by atomic mass is 15.1. The molecule has 21 heavy (non-hydrogen) atoms. The molecular weight excluding hydrogens is 256 g/mol. The van der Waals surface area contributed by atoms with Gasteiger partial charge in [0.1, 0.15) is 0 Å². The van der Waals surface area contributed by atoms with E-state index in [2.05, 4.69) is 63.2 Å². The van der Waals surface area contributed by atoms with Crippen molar-refractivity contribution >= 4 is 5.69 Å². The predicted molar refractivity (Wildman–Crippen MR) is 93.2 cm³/mol. The van der Waals surface area contributed by atoms with E-state index in [0.29, 0.717) is 5.41 Å². The molecule has 0 atom stereocenters. The molecule has 1 saturated carbocycles. The van der Waals surface area contributed by atoms with Crippen LogP contribution in [-0.4, -0.2) is 26.2 Å². The van der Waals surface area contributed by atoms with Crippen LogP contribution < -0.4 is 10.2 Å². The van der Waals surface area contributed by atoms with E-state index in [4.69, 9.17) is 0 Å². The zero-order valence-corrected chi connectivity index (χ0v) is 14.5. The van der Waals surface area contributed by atoms with Gasteiger partial charge in [-0.3, -0.25) is 0 Å². The van der Waals surface area contributed by atoms with Gasteiger partial charge in [-0.15, -0.1) is 0 Å². The van der Waals surface area contributed by atoms with E-state index < -0.39 is 0 Å². The van der Waals surface area contributed by atoms with Gasteiger partial charge in [0, 0.05) is 31.9 Å². The summed E-state index contributed by atoms with van der Waals surface area (Å²) in [5, 5.41) is 3.75. The maximum atomic E-state index is 3.75. The third-order valence-corrected chi connectivity index (χ3v) is 5.06. The fourth-order valence-corrected chi connectivity index (χ4v) is 3.19. The van der Waals surface area contributed by atoms with Crippen LogP contribution in [0.25, 0.3) is 0 Å². The van der Waals surface area contributed by atoms with Crippen LogP contribution >= 0.6 is 0 Å². The lowest BCUT2D eigenvalue weighted by Gasteiger charge is -2.37. The van der Waals surface area contributed by atoms with Crippen LogP contribution in [0.3, 0.4) is 0 Å². The molecule has 2 rings (SSSR count). The standard InChI is InChI=1S/C19H32N2/c1-6-19(7-2,13-20-17-8-9-17)14-21(5)18-11-15(3)10-16(4)12-18/h10-12,17,20H,6-9,13-14H2,1-5H3. The maximum Gasteiger partial charge on any atom is 0.0369 e. The lowest BCUT2D eigenvalue weighted by atomic mass is 9.81. The summed E-state index contributed by atoms with van der Waals surface area (Å²) >= 11 is 0. The lowest BCUT2D eigenvalue weighted by Crippen LogP contribution is -2.43. The smallest absolute Gasteiger partial charge is 0.0369 e. The molecule has 118 valence electrons. The molecule has 0 aromatic heterocycles. The van der Waals surface area contributed by atoms with E-state index >= 15 is 0 Å². The number of anilines is 1. The second-order valence-electron chi connectivity index (χ2n) is 7.06. The van der Waals surface area contributed by atoms with Crippen molar-refractivity contribution in [2.45, 2.75) is 59.4 Å². The van der Waals surface area contributed by atoms with E-state index in [9.17, 15) is 0 Å². The van der Waals surface area contributed by atoms with Crippen molar-refractivity contribution in [1.82, 2.24) is 5.32 Å². The average Bonchev–Trinajstić information content (AvgIpc) is 3.26. The van der Waals surface area contributed by atoms with E-state index in [0.717, 1.165) is 19.1 Å². The molecule has 1 N–H and O–H groups in total. The van der Waals surface area contributed by atoms with Crippen LogP contribution in [0.4, 0.5) is 5.69 Å². The quantitative estimate of drug-likeness (QED) is 0.767. The molecule has 2 nitrogen and oxygen atoms in total. The molecule has 0 saturated heterocycles. The molecule has 2 heteroatoms. The maximum absolute atomic E-state index is 3.75. The fourth-order valence-electron chi connectivity index (χ4n) is 3.19. The number of hydrogen-bond acceptors (Lipinski definition) is 2. The van der Waals surface area contributed by atoms with Gasteiger partial charge in [0.25, 0.3) is 0 Å². The average molecular weight is 288 g/mol. The minimum absolute atomic E-state index is 0.384. The summed E-state index contributed by atoms with van der Waals surface area (Å²) in [5.74, 6) is 0. The fraction of sp³-hybridized carbons (Fsp3) is 0.684. The number of aryl methyl sites for hydroxylation is 2. The Morgan fingerprint density at radius 3 is 2.14 bits per heavy atom. The predicted octanol–water partition coefficient (Wildman–Crippen LogP) is 4.30. The monoisotopic (exact) mass is 288 g/mol. The minimum Gasteiger partial charge on any atom is -0.374 e. The highest BCUT2D eigenvalue weighted by molar-refractivity contribution is 5.50. The topological polar surface area (TPSA) is 15.3 Å². The van der Waals surface area contributed by atoms with Crippen molar-refractivity contribution in [3.63, 3.8) is 0 Å². The van der Waals surface area contributed by atoms with Gasteiger partial charge in [-0.1, -0.05) is 19.9 Å². The van der Waals surface area contributed by atoms with Crippen LogP contribution in [-0.2, 0) is 0 Å². The van der Waals surface area contributed by atoms with Crippen molar-refractivity contribution in [3.8, 4) is 0 Å². The Labute approximate surface area is 130 Å². The van der Waals surface area contributed by atoms with Crippen molar-refractivity contribution < 1.29 is 0 Å². The van der Waals surface area contributed by atoms with Crippen LogP contribution in [0.2, 0.25) is 0 Å². The Bertz CT molecular complexity index is 438. The second kappa shape index (κ2) is 6.83. The van der Waals surface area contributed by atoms with Crippen molar-refractivity contribution in [1.29, 1.82) is 0 Å². The molecule has 0 spiro atoms. The van der Waals surface area contributed by atoms with Gasteiger partial charge in [-0.25, -0.2) is 0 Å². The summed E-state index contributed by atoms with van der Waals surface area (Å²) < 4.78 is 0. The van der Waals surface area contributed by atoms with E-state index in [1.807, 2.05) is 0 Å². The first-order chi connectivity index (χ1) is 9.98. The Hall–Kier alpha value is -1.02. The van der Waals surface area contributed by atoms with Crippen LogP contribution in [0, 0.1) is 19.3 Å². The third kappa shape index (κ3) is 4.47. The molecule has 1 aromatic rings. The van der Waals surface area contributed by atoms with E-state index in [1.165, 1.54) is 42.5 Å². The summed E-state index contributed by atoms with van der Waals surface area (Å²) in [6, 6.07) is 7.65. The van der Waals surface area contributed by atoms with Crippen molar-refractivity contribution in [3.05, 3.63) is 29.3 Å². The number of rotatable bonds is 8. The van der Waals surface area contributed by atoms with Gasteiger partial charge in [0.05, 0.1) is 0 Å². The second-order valence-corrected chi connectivity index (χ2v) is 7.06. The zero-order chi connectivity index (χ0) is 15.5. The zero-order valence-electron chi connectivity index (χ0n) is 14.5. The first-order valence-corrected chi connectivity index (χ1v) is 8.51. The molecule has 0 unspecified atom stereocenters. The van der Waals surface area contributed by atoms with Gasteiger partial charge in [0.15, 0.2) is 0 Å². The summed E-state index contributed by atoms with van der Waals surface area (Å²) in [4.78, 5) is 2.45. The highest BCUT2D eigenvalue weighted by Crippen LogP contribution is 2.31. The van der Waals surface area contributed by atoms with Gasteiger partial charge in [0.2, 0.25) is 0 Å². The molecule has 1 aromatic carbocycles. The SMILES string of the molecule is CCC(CC)(CNC1CC1)CN(C)c1cc(C)cc(C)c1. The Morgan fingerprint density at radius 2 is 1.67 bits per heavy atom. The Morgan fingerprint density at radius 1 is 1.10 bits per heavy atom. The molecule has 1 aliphatic carbocycles. The summed E-state index contributed by atoms with van der Waals surface area (Å²) in [6.45, 7) is 11.3. The molecule has 0 bridgehead atoms. The summed E-state index contributed by atoms with van der Waals surface area (Å²) in [7, 11) is 2.24. The number of nitrogens with one attached hydrogen (secondary N) is 1. The third-order valence-electron chi connectivity index (χ3n) is 5.06. The van der Waals surface area contributed by atoms with Crippen LogP contribution in [0.1, 0.15) is 50.7 Å². The molecule has 0 amide bonds. The first kappa shape index (κ1) is 16.4. The van der Waals surface area contributed by atoms with Crippen molar-refractivity contribution in [2.75, 3.05) is 25.0 Å². The van der Waals surface area contributed by atoms with Gasteiger partial charge < -0.3 is 10.2 Å². The van der Waals surface area contributed by atoms with E-state index in [1.54, 1.807) is 0 Å². The summed E-state index contributed by atoms with van der Waals surface area (Å²) in [5.41, 5.74) is 4.44. The van der Waals surface area contributed by atoms with Gasteiger partial charge in [-0.2, -0.15) is 0 Å². The minimum atomic E-state index is 0.384. The lowest BCUT2D eigenvalue weighted by molar-refractivity contribution is 0.254. The Kier molecular flexibility index (Phi) is 5.32. The highest BCUT2D eigenvalue weighted by Gasteiger charge is 2.31. The van der Waals surface area contributed by atoms with E-state index in [-0.39, 0.29) is 0 Å². The van der Waals surface area contributed by atoms with Gasteiger partial charge in [-0.05, 0) is 68.2 Å². The van der Waals surface area contributed by atoms with Crippen molar-refractivity contribution in [2.24, 2.45) is 5.41 Å². The largest absolute Gasteiger partial charge is 0.374 e. The number of nitrogens with zero attached hydrogens (tertiary/aromatic N) is 1. The molecule has 0 radical (unpaired) electrons. The molecule has 0 heterocycles.